The summed E-state index contributed by atoms with van der Waals surface area (Å²) in [7, 11) is 0. The molecule has 0 saturated carbocycles. The van der Waals surface area contributed by atoms with Crippen LogP contribution in [0.2, 0.25) is 0 Å². The summed E-state index contributed by atoms with van der Waals surface area (Å²) in [5.74, 6) is 0.0262. The number of carbonyl (C=O) groups excluding carboxylic acids is 1. The van der Waals surface area contributed by atoms with Crippen molar-refractivity contribution in [1.29, 1.82) is 0 Å². The number of aliphatic hydroxyl groups is 1. The Kier molecular flexibility index (Phi) is 10.8. The van der Waals surface area contributed by atoms with Crippen LogP contribution in [0, 0.1) is 0 Å². The molecule has 2 aromatic carbocycles. The molecule has 0 aliphatic carbocycles. The van der Waals surface area contributed by atoms with Gasteiger partial charge in [0.2, 0.25) is 0 Å². The summed E-state index contributed by atoms with van der Waals surface area (Å²) in [6.45, 7) is 3.94. The Labute approximate surface area is 162 Å². The zero-order valence-electron chi connectivity index (χ0n) is 15.2. The van der Waals surface area contributed by atoms with Crippen molar-refractivity contribution < 1.29 is 14.6 Å². The number of nitrogens with zero attached hydrogens (tertiary/aromatic N) is 1. The van der Waals surface area contributed by atoms with E-state index in [1.54, 1.807) is 0 Å². The molecule has 26 heavy (non-hydrogen) atoms. The standard InChI is InChI=1S/C21H27NO3.ClH/c1-2-21(24)22(16-20(23)19-12-7-4-8-13-19)14-9-15-25-17-18-10-5-3-6-11-18;/h3-8,10-13,21,24H,2,9,14-17H2,1H3;1H. The fourth-order valence-corrected chi connectivity index (χ4v) is 2.63. The van der Waals surface area contributed by atoms with Gasteiger partial charge in [0.05, 0.1) is 13.2 Å². The van der Waals surface area contributed by atoms with Gasteiger partial charge < -0.3 is 9.84 Å². The van der Waals surface area contributed by atoms with Crippen LogP contribution in [0.5, 0.6) is 0 Å². The molecule has 0 saturated heterocycles. The molecule has 2 aromatic rings. The van der Waals surface area contributed by atoms with Crippen molar-refractivity contribution in [2.24, 2.45) is 0 Å². The SMILES string of the molecule is CCC(O)N(CCCOCc1ccccc1)CC(=O)c1ccccc1.Cl. The number of halogens is 1. The lowest BCUT2D eigenvalue weighted by atomic mass is 10.1. The summed E-state index contributed by atoms with van der Waals surface area (Å²) in [6, 6.07) is 19.2. The number of aliphatic hydroxyl groups excluding tert-OH is 1. The fraction of sp³-hybridized carbons (Fsp3) is 0.381. The molecule has 4 nitrogen and oxygen atoms in total. The van der Waals surface area contributed by atoms with Crippen LogP contribution in [0.1, 0.15) is 35.7 Å². The van der Waals surface area contributed by atoms with E-state index in [2.05, 4.69) is 0 Å². The van der Waals surface area contributed by atoms with Crippen molar-refractivity contribution in [2.75, 3.05) is 19.7 Å². The monoisotopic (exact) mass is 377 g/mol. The highest BCUT2D eigenvalue weighted by Crippen LogP contribution is 2.08. The van der Waals surface area contributed by atoms with E-state index in [0.29, 0.717) is 31.7 Å². The third-order valence-electron chi connectivity index (χ3n) is 4.07. The average Bonchev–Trinajstić information content (AvgIpc) is 2.67. The van der Waals surface area contributed by atoms with Crippen LogP contribution in [0.15, 0.2) is 60.7 Å². The Morgan fingerprint density at radius 1 is 1.08 bits per heavy atom. The Balaban J connectivity index is 0.00000338. The zero-order chi connectivity index (χ0) is 17.9. The summed E-state index contributed by atoms with van der Waals surface area (Å²) in [6.07, 6.45) is 0.751. The molecule has 0 aliphatic heterocycles. The maximum atomic E-state index is 12.4. The lowest BCUT2D eigenvalue weighted by Gasteiger charge is -2.26. The van der Waals surface area contributed by atoms with Gasteiger partial charge in [-0.05, 0) is 18.4 Å². The first kappa shape index (κ1) is 22.3. The van der Waals surface area contributed by atoms with E-state index in [-0.39, 0.29) is 24.7 Å². The molecule has 0 heterocycles. The Hall–Kier alpha value is -1.72. The second kappa shape index (κ2) is 12.6. The summed E-state index contributed by atoms with van der Waals surface area (Å²) in [5.41, 5.74) is 1.82. The number of Topliss-reactive ketones (excluding diaryl/α,β-unsaturated/α-hetero) is 1. The number of carbonyl (C=O) groups is 1. The molecule has 1 unspecified atom stereocenters. The van der Waals surface area contributed by atoms with Gasteiger partial charge in [0.25, 0.3) is 0 Å². The van der Waals surface area contributed by atoms with E-state index in [1.165, 1.54) is 0 Å². The van der Waals surface area contributed by atoms with Gasteiger partial charge in [0.1, 0.15) is 6.23 Å². The molecule has 0 aliphatic rings. The summed E-state index contributed by atoms with van der Waals surface area (Å²) in [5, 5.41) is 10.2. The topological polar surface area (TPSA) is 49.8 Å². The van der Waals surface area contributed by atoms with Crippen LogP contribution in [-0.2, 0) is 11.3 Å². The van der Waals surface area contributed by atoms with Crippen LogP contribution < -0.4 is 0 Å². The van der Waals surface area contributed by atoms with Crippen molar-refractivity contribution in [2.45, 2.75) is 32.6 Å². The molecule has 0 spiro atoms. The minimum absolute atomic E-state index is 0. The molecule has 142 valence electrons. The number of hydrogen-bond acceptors (Lipinski definition) is 4. The number of ketones is 1. The van der Waals surface area contributed by atoms with E-state index in [4.69, 9.17) is 4.74 Å². The molecule has 2 rings (SSSR count). The average molecular weight is 378 g/mol. The Morgan fingerprint density at radius 3 is 2.31 bits per heavy atom. The molecule has 0 fully saturated rings. The smallest absolute Gasteiger partial charge is 0.176 e. The number of ether oxygens (including phenoxy) is 1. The van der Waals surface area contributed by atoms with Crippen molar-refractivity contribution in [3.8, 4) is 0 Å². The van der Waals surface area contributed by atoms with Gasteiger partial charge in [-0.25, -0.2) is 0 Å². The lowest BCUT2D eigenvalue weighted by Crippen LogP contribution is -2.39. The first-order valence-corrected chi connectivity index (χ1v) is 8.82. The van der Waals surface area contributed by atoms with Crippen LogP contribution in [0.3, 0.4) is 0 Å². The van der Waals surface area contributed by atoms with Crippen LogP contribution >= 0.6 is 12.4 Å². The summed E-state index contributed by atoms with van der Waals surface area (Å²) >= 11 is 0. The Bertz CT molecular complexity index is 622. The van der Waals surface area contributed by atoms with Gasteiger partial charge in [-0.2, -0.15) is 0 Å². The normalized spacial score (nSPS) is 11.8. The van der Waals surface area contributed by atoms with Crippen LogP contribution in [0.25, 0.3) is 0 Å². The second-order valence-corrected chi connectivity index (χ2v) is 6.04. The highest BCUT2D eigenvalue weighted by Gasteiger charge is 2.18. The third-order valence-corrected chi connectivity index (χ3v) is 4.07. The second-order valence-electron chi connectivity index (χ2n) is 6.04. The molecule has 0 bridgehead atoms. The number of benzene rings is 2. The van der Waals surface area contributed by atoms with Gasteiger partial charge in [-0.3, -0.25) is 9.69 Å². The van der Waals surface area contributed by atoms with Gasteiger partial charge >= 0.3 is 0 Å². The minimum Gasteiger partial charge on any atom is -0.378 e. The predicted molar refractivity (Wildman–Crippen MR) is 107 cm³/mol. The van der Waals surface area contributed by atoms with Crippen molar-refractivity contribution in [3.63, 3.8) is 0 Å². The van der Waals surface area contributed by atoms with Gasteiger partial charge in [-0.1, -0.05) is 67.6 Å². The first-order chi connectivity index (χ1) is 12.2. The molecular weight excluding hydrogens is 350 g/mol. The number of rotatable bonds is 11. The Morgan fingerprint density at radius 2 is 1.69 bits per heavy atom. The van der Waals surface area contributed by atoms with E-state index in [1.807, 2.05) is 72.5 Å². The van der Waals surface area contributed by atoms with Gasteiger partial charge in [0.15, 0.2) is 5.78 Å². The van der Waals surface area contributed by atoms with Crippen LogP contribution in [0.4, 0.5) is 0 Å². The highest BCUT2D eigenvalue weighted by atomic mass is 35.5. The van der Waals surface area contributed by atoms with Crippen LogP contribution in [-0.4, -0.2) is 41.7 Å². The maximum Gasteiger partial charge on any atom is 0.176 e. The first-order valence-electron chi connectivity index (χ1n) is 8.82. The van der Waals surface area contributed by atoms with E-state index < -0.39 is 6.23 Å². The lowest BCUT2D eigenvalue weighted by molar-refractivity contribution is -0.00257. The largest absolute Gasteiger partial charge is 0.378 e. The van der Waals surface area contributed by atoms with Gasteiger partial charge in [0, 0.05) is 18.7 Å². The molecule has 0 radical (unpaired) electrons. The highest BCUT2D eigenvalue weighted by molar-refractivity contribution is 5.97. The van der Waals surface area contributed by atoms with E-state index in [0.717, 1.165) is 12.0 Å². The van der Waals surface area contributed by atoms with Crippen molar-refractivity contribution >= 4 is 18.2 Å². The third kappa shape index (κ3) is 7.67. The number of hydrogen-bond donors (Lipinski definition) is 1. The van der Waals surface area contributed by atoms with E-state index >= 15 is 0 Å². The molecular formula is C21H28ClNO3. The minimum atomic E-state index is -0.609. The zero-order valence-corrected chi connectivity index (χ0v) is 16.0. The molecule has 1 atom stereocenters. The molecule has 1 N–H and O–H groups in total. The van der Waals surface area contributed by atoms with Crippen molar-refractivity contribution in [1.82, 2.24) is 4.90 Å². The van der Waals surface area contributed by atoms with E-state index in [9.17, 15) is 9.90 Å². The van der Waals surface area contributed by atoms with Crippen molar-refractivity contribution in [3.05, 3.63) is 71.8 Å². The van der Waals surface area contributed by atoms with Gasteiger partial charge in [-0.15, -0.1) is 12.4 Å². The molecule has 0 amide bonds. The molecule has 5 heteroatoms. The predicted octanol–water partition coefficient (Wildman–Crippen LogP) is 3.93. The quantitative estimate of drug-likeness (QED) is 0.366. The fourth-order valence-electron chi connectivity index (χ4n) is 2.63. The summed E-state index contributed by atoms with van der Waals surface area (Å²) in [4.78, 5) is 14.2. The summed E-state index contributed by atoms with van der Waals surface area (Å²) < 4.78 is 5.68. The maximum absolute atomic E-state index is 12.4. The molecule has 0 aromatic heterocycles.